The van der Waals surface area contributed by atoms with E-state index in [1.165, 1.54) is 34.8 Å². The molecule has 0 saturated carbocycles. The van der Waals surface area contributed by atoms with Gasteiger partial charge in [-0.25, -0.2) is 4.98 Å². The van der Waals surface area contributed by atoms with Gasteiger partial charge in [0, 0.05) is 10.9 Å². The fourth-order valence-corrected chi connectivity index (χ4v) is 2.76. The molecule has 0 aliphatic rings. The molecular formula is C11H20N2S. The van der Waals surface area contributed by atoms with Crippen molar-refractivity contribution in [3.05, 3.63) is 15.6 Å². The normalized spacial score (nSPS) is 13.1. The number of aryl methyl sites for hydroxylation is 2. The molecule has 0 aliphatic heterocycles. The molecule has 3 heteroatoms. The molecule has 0 bridgehead atoms. The number of hydrogen-bond acceptors (Lipinski definition) is 3. The predicted molar refractivity (Wildman–Crippen MR) is 62.9 cm³/mol. The number of aromatic nitrogens is 1. The number of rotatable bonds is 5. The van der Waals surface area contributed by atoms with Crippen LogP contribution in [0.2, 0.25) is 0 Å². The minimum absolute atomic E-state index is 0.501. The highest BCUT2D eigenvalue weighted by Gasteiger charge is 2.14. The smallest absolute Gasteiger partial charge is 0.0900 e. The quantitative estimate of drug-likeness (QED) is 0.810. The Hall–Kier alpha value is -0.410. The van der Waals surface area contributed by atoms with Gasteiger partial charge in [0.1, 0.15) is 0 Å². The van der Waals surface area contributed by atoms with Crippen LogP contribution in [0, 0.1) is 13.8 Å². The van der Waals surface area contributed by atoms with Crippen molar-refractivity contribution in [3.8, 4) is 0 Å². The molecule has 0 aliphatic carbocycles. The lowest BCUT2D eigenvalue weighted by Crippen LogP contribution is -2.15. The van der Waals surface area contributed by atoms with Crippen molar-refractivity contribution in [1.29, 1.82) is 0 Å². The Morgan fingerprint density at radius 1 is 1.43 bits per heavy atom. The Bertz CT molecular complexity index is 281. The molecule has 80 valence electrons. The molecule has 2 nitrogen and oxygen atoms in total. The van der Waals surface area contributed by atoms with Crippen LogP contribution in [0.15, 0.2) is 0 Å². The van der Waals surface area contributed by atoms with Crippen molar-refractivity contribution in [2.24, 2.45) is 0 Å². The third-order valence-electron chi connectivity index (χ3n) is 2.45. The van der Waals surface area contributed by atoms with Crippen molar-refractivity contribution in [2.75, 3.05) is 7.05 Å². The summed E-state index contributed by atoms with van der Waals surface area (Å²) in [5, 5.41) is 4.55. The van der Waals surface area contributed by atoms with Crippen molar-refractivity contribution >= 4 is 11.3 Å². The summed E-state index contributed by atoms with van der Waals surface area (Å²) in [4.78, 5) is 5.88. The van der Waals surface area contributed by atoms with Crippen LogP contribution in [0.3, 0.4) is 0 Å². The van der Waals surface area contributed by atoms with Crippen molar-refractivity contribution in [1.82, 2.24) is 10.3 Å². The zero-order chi connectivity index (χ0) is 10.6. The fraction of sp³-hybridized carbons (Fsp3) is 0.727. The van der Waals surface area contributed by atoms with Crippen molar-refractivity contribution < 1.29 is 0 Å². The second kappa shape index (κ2) is 5.47. The van der Waals surface area contributed by atoms with E-state index >= 15 is 0 Å². The molecule has 1 rings (SSSR count). The second-order valence-corrected chi connectivity index (χ2v) is 4.90. The summed E-state index contributed by atoms with van der Waals surface area (Å²) in [5.41, 5.74) is 1.20. The molecule has 1 aromatic rings. The minimum Gasteiger partial charge on any atom is -0.312 e. The largest absolute Gasteiger partial charge is 0.312 e. The van der Waals surface area contributed by atoms with E-state index in [1.807, 2.05) is 18.4 Å². The van der Waals surface area contributed by atoms with Gasteiger partial charge in [-0.1, -0.05) is 19.8 Å². The third-order valence-corrected chi connectivity index (χ3v) is 3.64. The molecular weight excluding hydrogens is 192 g/mol. The summed E-state index contributed by atoms with van der Waals surface area (Å²) < 4.78 is 0. The van der Waals surface area contributed by atoms with E-state index in [1.54, 1.807) is 0 Å². The van der Waals surface area contributed by atoms with Gasteiger partial charge in [0.05, 0.1) is 10.7 Å². The summed E-state index contributed by atoms with van der Waals surface area (Å²) in [5.74, 6) is 0. The fourth-order valence-electron chi connectivity index (χ4n) is 1.69. The lowest BCUT2D eigenvalue weighted by molar-refractivity contribution is 0.527. The van der Waals surface area contributed by atoms with Gasteiger partial charge < -0.3 is 5.32 Å². The van der Waals surface area contributed by atoms with E-state index < -0.39 is 0 Å². The number of nitrogens with zero attached hydrogens (tertiary/aromatic N) is 1. The molecule has 0 fully saturated rings. The monoisotopic (exact) mass is 212 g/mol. The molecule has 1 atom stereocenters. The molecule has 1 aromatic heterocycles. The molecule has 1 N–H and O–H groups in total. The van der Waals surface area contributed by atoms with Crippen molar-refractivity contribution in [3.63, 3.8) is 0 Å². The molecule has 0 spiro atoms. The average molecular weight is 212 g/mol. The number of hydrogen-bond donors (Lipinski definition) is 1. The van der Waals surface area contributed by atoms with E-state index in [4.69, 9.17) is 0 Å². The molecule has 0 saturated heterocycles. The lowest BCUT2D eigenvalue weighted by atomic mass is 10.1. The number of nitrogens with one attached hydrogen (secondary N) is 1. The first-order valence-electron chi connectivity index (χ1n) is 5.30. The second-order valence-electron chi connectivity index (χ2n) is 3.67. The maximum absolute atomic E-state index is 4.47. The molecule has 0 amide bonds. The van der Waals surface area contributed by atoms with E-state index in [9.17, 15) is 0 Å². The first-order valence-corrected chi connectivity index (χ1v) is 6.11. The number of unbranched alkanes of at least 4 members (excludes halogenated alkanes) is 1. The van der Waals surface area contributed by atoms with E-state index in [0.29, 0.717) is 6.04 Å². The highest BCUT2D eigenvalue weighted by atomic mass is 32.1. The van der Waals surface area contributed by atoms with Gasteiger partial charge in [-0.15, -0.1) is 11.3 Å². The Morgan fingerprint density at radius 2 is 2.14 bits per heavy atom. The van der Waals surface area contributed by atoms with Gasteiger partial charge >= 0.3 is 0 Å². The lowest BCUT2D eigenvalue weighted by Gasteiger charge is -2.14. The Kier molecular flexibility index (Phi) is 4.55. The van der Waals surface area contributed by atoms with Crippen LogP contribution in [0.4, 0.5) is 0 Å². The van der Waals surface area contributed by atoms with E-state index in [2.05, 4.69) is 31.1 Å². The first-order chi connectivity index (χ1) is 6.69. The summed E-state index contributed by atoms with van der Waals surface area (Å²) >= 11 is 1.82. The van der Waals surface area contributed by atoms with Gasteiger partial charge in [0.2, 0.25) is 0 Å². The molecule has 0 radical (unpaired) electrons. The van der Waals surface area contributed by atoms with Gasteiger partial charge in [0.25, 0.3) is 0 Å². The zero-order valence-electron chi connectivity index (χ0n) is 9.55. The van der Waals surface area contributed by atoms with Crippen LogP contribution in [-0.4, -0.2) is 12.0 Å². The van der Waals surface area contributed by atoms with Crippen LogP contribution < -0.4 is 5.32 Å². The van der Waals surface area contributed by atoms with Crippen LogP contribution in [0.1, 0.15) is 47.8 Å². The summed E-state index contributed by atoms with van der Waals surface area (Å²) in [7, 11) is 2.04. The van der Waals surface area contributed by atoms with Gasteiger partial charge in [0.15, 0.2) is 0 Å². The Balaban J connectivity index is 2.72. The molecule has 0 aromatic carbocycles. The summed E-state index contributed by atoms with van der Waals surface area (Å²) in [6.45, 7) is 6.42. The van der Waals surface area contributed by atoms with Gasteiger partial charge in [-0.05, 0) is 27.3 Å². The highest BCUT2D eigenvalue weighted by molar-refractivity contribution is 7.11. The van der Waals surface area contributed by atoms with Gasteiger partial charge in [-0.3, -0.25) is 0 Å². The highest BCUT2D eigenvalue weighted by Crippen LogP contribution is 2.27. The average Bonchev–Trinajstić information content (AvgIpc) is 2.47. The van der Waals surface area contributed by atoms with Crippen LogP contribution >= 0.6 is 11.3 Å². The number of thiazole rings is 1. The van der Waals surface area contributed by atoms with Gasteiger partial charge in [-0.2, -0.15) is 0 Å². The van der Waals surface area contributed by atoms with Crippen molar-refractivity contribution in [2.45, 2.75) is 46.1 Å². The maximum atomic E-state index is 4.47. The Labute approximate surface area is 90.8 Å². The summed E-state index contributed by atoms with van der Waals surface area (Å²) in [6.07, 6.45) is 3.76. The topological polar surface area (TPSA) is 24.9 Å². The van der Waals surface area contributed by atoms with Crippen LogP contribution in [0.5, 0.6) is 0 Å². The molecule has 1 unspecified atom stereocenters. The molecule has 14 heavy (non-hydrogen) atoms. The first kappa shape index (κ1) is 11.7. The summed E-state index contributed by atoms with van der Waals surface area (Å²) in [6, 6.07) is 0.501. The molecule has 1 heterocycles. The third kappa shape index (κ3) is 2.79. The van der Waals surface area contributed by atoms with Crippen LogP contribution in [-0.2, 0) is 0 Å². The predicted octanol–water partition coefficient (Wildman–Crippen LogP) is 3.21. The SMILES string of the molecule is CCCCC(NC)c1sc(C)nc1C. The standard InChI is InChI=1S/C11H20N2S/c1-5-6-7-10(12-4)11-8(2)13-9(3)14-11/h10,12H,5-7H2,1-4H3. The van der Waals surface area contributed by atoms with E-state index in [-0.39, 0.29) is 0 Å². The Morgan fingerprint density at radius 3 is 2.57 bits per heavy atom. The maximum Gasteiger partial charge on any atom is 0.0900 e. The van der Waals surface area contributed by atoms with Crippen LogP contribution in [0.25, 0.3) is 0 Å². The van der Waals surface area contributed by atoms with E-state index in [0.717, 1.165) is 0 Å². The zero-order valence-corrected chi connectivity index (χ0v) is 10.4. The minimum atomic E-state index is 0.501.